The molecule has 2 fully saturated rings. The number of thiazole rings is 1. The maximum atomic E-state index is 12.7. The smallest absolute Gasteiger partial charge is 0.298 e. The second-order valence-electron chi connectivity index (χ2n) is 7.41. The van der Waals surface area contributed by atoms with Gasteiger partial charge >= 0.3 is 0 Å². The number of benzene rings is 1. The van der Waals surface area contributed by atoms with E-state index in [9.17, 15) is 4.79 Å². The van der Waals surface area contributed by atoms with E-state index in [2.05, 4.69) is 15.2 Å². The fourth-order valence-electron chi connectivity index (χ4n) is 4.02. The van der Waals surface area contributed by atoms with Crippen LogP contribution in [0.5, 0.6) is 0 Å². The summed E-state index contributed by atoms with van der Waals surface area (Å²) < 4.78 is 6.24. The fraction of sp³-hybridized carbons (Fsp3) is 0.421. The van der Waals surface area contributed by atoms with Crippen LogP contribution in [0.2, 0.25) is 0 Å². The summed E-state index contributed by atoms with van der Waals surface area (Å²) in [5.74, 6) is -0.0779. The minimum atomic E-state index is -0.0779. The molecule has 0 radical (unpaired) electrons. The van der Waals surface area contributed by atoms with Gasteiger partial charge < -0.3 is 19.5 Å². The molecule has 1 aromatic carbocycles. The van der Waals surface area contributed by atoms with Crippen molar-refractivity contribution in [3.8, 4) is 10.6 Å². The van der Waals surface area contributed by atoms with Gasteiger partial charge in [-0.25, -0.2) is 4.98 Å². The summed E-state index contributed by atoms with van der Waals surface area (Å²) >= 11 is 1.55. The fourth-order valence-corrected chi connectivity index (χ4v) is 4.68. The number of aromatic nitrogens is 2. The van der Waals surface area contributed by atoms with E-state index in [1.165, 1.54) is 12.8 Å². The molecule has 7 nitrogen and oxygen atoms in total. The molecule has 140 valence electrons. The van der Waals surface area contributed by atoms with E-state index in [0.717, 1.165) is 23.7 Å². The van der Waals surface area contributed by atoms with E-state index in [4.69, 9.17) is 9.40 Å². The molecule has 1 amide bonds. The van der Waals surface area contributed by atoms with Crippen LogP contribution in [-0.4, -0.2) is 60.0 Å². The van der Waals surface area contributed by atoms with Gasteiger partial charge in [0.1, 0.15) is 10.5 Å². The van der Waals surface area contributed by atoms with Crippen molar-refractivity contribution < 1.29 is 9.21 Å². The lowest BCUT2D eigenvalue weighted by molar-refractivity contribution is 0.0829. The van der Waals surface area contributed by atoms with Crippen LogP contribution in [0, 0.1) is 0 Å². The molecule has 5 rings (SSSR count). The predicted molar refractivity (Wildman–Crippen MR) is 105 cm³/mol. The average Bonchev–Trinajstić information content (AvgIpc) is 3.40. The van der Waals surface area contributed by atoms with Gasteiger partial charge in [0.05, 0.1) is 11.1 Å². The number of oxazole rings is 1. The lowest BCUT2D eigenvalue weighted by atomic mass is 10.1. The van der Waals surface area contributed by atoms with Crippen LogP contribution in [0.1, 0.15) is 23.2 Å². The Kier molecular flexibility index (Phi) is 3.91. The monoisotopic (exact) mass is 383 g/mol. The third-order valence-corrected chi connectivity index (χ3v) is 6.13. The van der Waals surface area contributed by atoms with Crippen molar-refractivity contribution in [2.75, 3.05) is 32.1 Å². The van der Waals surface area contributed by atoms with Crippen molar-refractivity contribution in [1.82, 2.24) is 20.2 Å². The average molecular weight is 383 g/mol. The first-order valence-electron chi connectivity index (χ1n) is 9.16. The van der Waals surface area contributed by atoms with Gasteiger partial charge in [0.15, 0.2) is 5.58 Å². The Bertz CT molecular complexity index is 985. The number of amides is 1. The summed E-state index contributed by atoms with van der Waals surface area (Å²) in [7, 11) is 3.50. The second-order valence-corrected chi connectivity index (χ2v) is 8.31. The van der Waals surface area contributed by atoms with Crippen molar-refractivity contribution in [2.24, 2.45) is 0 Å². The van der Waals surface area contributed by atoms with Crippen LogP contribution >= 0.6 is 11.3 Å². The van der Waals surface area contributed by atoms with Gasteiger partial charge in [-0.1, -0.05) is 0 Å². The maximum Gasteiger partial charge on any atom is 0.298 e. The molecule has 1 N–H and O–H groups in total. The number of piperazine rings is 1. The highest BCUT2D eigenvalue weighted by Crippen LogP contribution is 2.36. The summed E-state index contributed by atoms with van der Waals surface area (Å²) in [5, 5.41) is 6.43. The van der Waals surface area contributed by atoms with E-state index in [1.54, 1.807) is 36.5 Å². The Hall–Kier alpha value is -2.45. The molecule has 2 aromatic heterocycles. The quantitative estimate of drug-likeness (QED) is 0.749. The van der Waals surface area contributed by atoms with E-state index in [0.29, 0.717) is 34.8 Å². The summed E-state index contributed by atoms with van der Waals surface area (Å²) in [6.07, 6.45) is 4.16. The molecule has 0 saturated carbocycles. The van der Waals surface area contributed by atoms with Gasteiger partial charge in [0.25, 0.3) is 11.9 Å². The summed E-state index contributed by atoms with van der Waals surface area (Å²) in [5.41, 5.74) is 2.69. The van der Waals surface area contributed by atoms with Gasteiger partial charge in [-0.05, 0) is 25.0 Å². The lowest BCUT2D eigenvalue weighted by Crippen LogP contribution is -2.51. The van der Waals surface area contributed by atoms with Gasteiger partial charge in [-0.3, -0.25) is 4.79 Å². The maximum absolute atomic E-state index is 12.7. The first-order valence-corrected chi connectivity index (χ1v) is 10.0. The van der Waals surface area contributed by atoms with Crippen molar-refractivity contribution >= 4 is 34.4 Å². The van der Waals surface area contributed by atoms with Crippen LogP contribution in [0.3, 0.4) is 0 Å². The largest absolute Gasteiger partial charge is 0.423 e. The molecule has 2 atom stereocenters. The molecule has 8 heteroatoms. The van der Waals surface area contributed by atoms with Gasteiger partial charge in [0.2, 0.25) is 0 Å². The highest BCUT2D eigenvalue weighted by molar-refractivity contribution is 7.13. The number of anilines is 1. The molecule has 2 saturated heterocycles. The van der Waals surface area contributed by atoms with Gasteiger partial charge in [0, 0.05) is 50.8 Å². The number of hydrogen-bond donors (Lipinski definition) is 1. The number of nitrogens with one attached hydrogen (secondary N) is 1. The van der Waals surface area contributed by atoms with E-state index >= 15 is 0 Å². The predicted octanol–water partition coefficient (Wildman–Crippen LogP) is 2.59. The van der Waals surface area contributed by atoms with Crippen LogP contribution in [0.15, 0.2) is 28.1 Å². The summed E-state index contributed by atoms with van der Waals surface area (Å²) in [4.78, 5) is 25.6. The standard InChI is InChI=1S/C19H21N5O2S/c1-23(2)18(25)13-5-6-14(17-20-7-8-27-17)16-15(13)22-19(26-16)24-9-11-3-4-12(10-24)21-11/h5-8,11-12,21H,3-4,9-10H2,1-2H3. The molecule has 2 aliphatic heterocycles. The Balaban J connectivity index is 1.64. The molecular formula is C19H21N5O2S. The summed E-state index contributed by atoms with van der Waals surface area (Å²) in [6, 6.07) is 5.31. The molecule has 27 heavy (non-hydrogen) atoms. The third-order valence-electron chi connectivity index (χ3n) is 5.32. The number of carbonyl (C=O) groups excluding carboxylic acids is 1. The number of fused-ring (bicyclic) bond motifs is 3. The Labute approximate surface area is 161 Å². The zero-order valence-corrected chi connectivity index (χ0v) is 16.1. The SMILES string of the molecule is CN(C)C(=O)c1ccc(-c2nccs2)c2oc(N3CC4CCC(C3)N4)nc12. The number of rotatable bonds is 3. The molecule has 4 heterocycles. The number of carbonyl (C=O) groups is 1. The minimum absolute atomic E-state index is 0.0779. The van der Waals surface area contributed by atoms with Gasteiger partial charge in [-0.15, -0.1) is 11.3 Å². The molecule has 0 aliphatic carbocycles. The highest BCUT2D eigenvalue weighted by atomic mass is 32.1. The lowest BCUT2D eigenvalue weighted by Gasteiger charge is -2.31. The first kappa shape index (κ1) is 16.7. The normalized spacial score (nSPS) is 21.8. The zero-order valence-electron chi connectivity index (χ0n) is 15.3. The number of hydrogen-bond acceptors (Lipinski definition) is 7. The topological polar surface area (TPSA) is 74.5 Å². The second kappa shape index (κ2) is 6.31. The van der Waals surface area contributed by atoms with Crippen molar-refractivity contribution in [3.63, 3.8) is 0 Å². The third kappa shape index (κ3) is 2.80. The molecule has 2 unspecified atom stereocenters. The van der Waals surface area contributed by atoms with Gasteiger partial charge in [-0.2, -0.15) is 4.98 Å². The molecular weight excluding hydrogens is 362 g/mol. The number of nitrogens with zero attached hydrogens (tertiary/aromatic N) is 4. The van der Waals surface area contributed by atoms with E-state index in [-0.39, 0.29) is 5.91 Å². The Morgan fingerprint density at radius 2 is 2.07 bits per heavy atom. The van der Waals surface area contributed by atoms with Crippen molar-refractivity contribution in [3.05, 3.63) is 29.3 Å². The van der Waals surface area contributed by atoms with E-state index < -0.39 is 0 Å². The molecule has 2 aliphatic rings. The Morgan fingerprint density at radius 3 is 2.74 bits per heavy atom. The van der Waals surface area contributed by atoms with E-state index in [1.807, 2.05) is 17.5 Å². The van der Waals surface area contributed by atoms with Crippen LogP contribution in [0.4, 0.5) is 6.01 Å². The van der Waals surface area contributed by atoms with Crippen LogP contribution in [-0.2, 0) is 0 Å². The Morgan fingerprint density at radius 1 is 1.30 bits per heavy atom. The zero-order chi connectivity index (χ0) is 18.5. The highest BCUT2D eigenvalue weighted by Gasteiger charge is 2.34. The molecule has 0 spiro atoms. The first-order chi connectivity index (χ1) is 13.1. The molecule has 3 aromatic rings. The summed E-state index contributed by atoms with van der Waals surface area (Å²) in [6.45, 7) is 1.76. The molecule has 2 bridgehead atoms. The van der Waals surface area contributed by atoms with Crippen molar-refractivity contribution in [1.29, 1.82) is 0 Å². The van der Waals surface area contributed by atoms with Crippen LogP contribution < -0.4 is 10.2 Å². The van der Waals surface area contributed by atoms with Crippen LogP contribution in [0.25, 0.3) is 21.7 Å². The minimum Gasteiger partial charge on any atom is -0.423 e. The van der Waals surface area contributed by atoms with Crippen molar-refractivity contribution in [2.45, 2.75) is 24.9 Å².